The van der Waals surface area contributed by atoms with Gasteiger partial charge in [0, 0.05) is 11.1 Å². The number of nitrogens with one attached hydrogen (secondary N) is 2. The van der Waals surface area contributed by atoms with Crippen molar-refractivity contribution >= 4 is 23.5 Å². The van der Waals surface area contributed by atoms with E-state index in [0.717, 1.165) is 12.0 Å². The molecule has 0 aliphatic heterocycles. The lowest BCUT2D eigenvalue weighted by atomic mass is 9.99. The van der Waals surface area contributed by atoms with Crippen molar-refractivity contribution < 1.29 is 14.3 Å². The Labute approximate surface area is 142 Å². The molecule has 1 amide bonds. The predicted molar refractivity (Wildman–Crippen MR) is 91.3 cm³/mol. The highest BCUT2D eigenvalue weighted by Gasteiger charge is 2.26. The maximum Gasteiger partial charge on any atom is 0.328 e. The van der Waals surface area contributed by atoms with Crippen molar-refractivity contribution in [1.82, 2.24) is 10.6 Å². The number of amides is 1. The molecule has 0 aromatic heterocycles. The van der Waals surface area contributed by atoms with Gasteiger partial charge in [0.25, 0.3) is 0 Å². The molecule has 1 aromatic carbocycles. The molecule has 0 aliphatic rings. The van der Waals surface area contributed by atoms with E-state index in [1.165, 1.54) is 7.11 Å². The van der Waals surface area contributed by atoms with E-state index < -0.39 is 12.0 Å². The zero-order valence-corrected chi connectivity index (χ0v) is 14.8. The molecule has 0 radical (unpaired) electrons. The van der Waals surface area contributed by atoms with Gasteiger partial charge in [-0.3, -0.25) is 4.79 Å². The second-order valence-corrected chi connectivity index (χ2v) is 6.04. The first kappa shape index (κ1) is 19.5. The first-order valence-corrected chi connectivity index (χ1v) is 8.12. The summed E-state index contributed by atoms with van der Waals surface area (Å²) in [6.45, 7) is 5.95. The van der Waals surface area contributed by atoms with Crippen LogP contribution in [0.1, 0.15) is 38.8 Å². The van der Waals surface area contributed by atoms with Crippen molar-refractivity contribution in [2.45, 2.75) is 39.3 Å². The number of ether oxygens (including phenoxy) is 1. The summed E-state index contributed by atoms with van der Waals surface area (Å²) in [6, 6.07) is 6.82. The Bertz CT molecular complexity index is 519. The number of rotatable bonds is 8. The van der Waals surface area contributed by atoms with Gasteiger partial charge in [0.15, 0.2) is 0 Å². The van der Waals surface area contributed by atoms with Gasteiger partial charge in [-0.2, -0.15) is 0 Å². The number of benzene rings is 1. The maximum atomic E-state index is 12.1. The van der Waals surface area contributed by atoms with Crippen LogP contribution < -0.4 is 10.6 Å². The molecular formula is C17H25ClN2O3. The molecule has 1 rings (SSSR count). The number of halogens is 1. The molecule has 0 spiro atoms. The fourth-order valence-electron chi connectivity index (χ4n) is 2.14. The molecule has 0 saturated carbocycles. The Kier molecular flexibility index (Phi) is 8.06. The van der Waals surface area contributed by atoms with E-state index in [2.05, 4.69) is 10.6 Å². The van der Waals surface area contributed by atoms with Gasteiger partial charge in [0.1, 0.15) is 6.04 Å². The van der Waals surface area contributed by atoms with Gasteiger partial charge in [-0.25, -0.2) is 4.79 Å². The van der Waals surface area contributed by atoms with Crippen LogP contribution in [0.25, 0.3) is 0 Å². The number of hydrogen-bond donors (Lipinski definition) is 2. The largest absolute Gasteiger partial charge is 0.467 e. The van der Waals surface area contributed by atoms with Gasteiger partial charge >= 0.3 is 5.97 Å². The van der Waals surface area contributed by atoms with Crippen LogP contribution >= 0.6 is 11.6 Å². The summed E-state index contributed by atoms with van der Waals surface area (Å²) in [6.07, 6.45) is 0.772. The number of esters is 1. The maximum absolute atomic E-state index is 12.1. The highest BCUT2D eigenvalue weighted by Crippen LogP contribution is 2.15. The summed E-state index contributed by atoms with van der Waals surface area (Å²) >= 11 is 5.86. The Morgan fingerprint density at radius 2 is 1.83 bits per heavy atom. The zero-order valence-electron chi connectivity index (χ0n) is 14.1. The zero-order chi connectivity index (χ0) is 17.4. The molecule has 0 saturated heterocycles. The third-order valence-electron chi connectivity index (χ3n) is 3.92. The number of hydrogen-bond acceptors (Lipinski definition) is 4. The Morgan fingerprint density at radius 3 is 2.35 bits per heavy atom. The molecule has 1 aromatic rings. The van der Waals surface area contributed by atoms with E-state index in [9.17, 15) is 9.59 Å². The first-order valence-electron chi connectivity index (χ1n) is 7.75. The van der Waals surface area contributed by atoms with E-state index in [0.29, 0.717) is 5.02 Å². The molecule has 6 heteroatoms. The summed E-state index contributed by atoms with van der Waals surface area (Å²) in [4.78, 5) is 23.9. The molecular weight excluding hydrogens is 316 g/mol. The first-order chi connectivity index (χ1) is 10.9. The minimum atomic E-state index is -0.620. The third kappa shape index (κ3) is 6.20. The van der Waals surface area contributed by atoms with Gasteiger partial charge in [0.2, 0.25) is 5.91 Å². The van der Waals surface area contributed by atoms with Crippen molar-refractivity contribution in [3.63, 3.8) is 0 Å². The Balaban J connectivity index is 2.54. The van der Waals surface area contributed by atoms with Crippen molar-refractivity contribution in [2.75, 3.05) is 13.7 Å². The number of carbonyl (C=O) groups is 2. The smallest absolute Gasteiger partial charge is 0.328 e. The number of methoxy groups -OCH3 is 1. The molecule has 0 aliphatic carbocycles. The quantitative estimate of drug-likeness (QED) is 0.714. The molecule has 128 valence electrons. The molecule has 3 unspecified atom stereocenters. The number of carbonyl (C=O) groups excluding carboxylic acids is 2. The van der Waals surface area contributed by atoms with Gasteiger partial charge in [0.05, 0.1) is 13.7 Å². The van der Waals surface area contributed by atoms with E-state index >= 15 is 0 Å². The highest BCUT2D eigenvalue weighted by atomic mass is 35.5. The summed E-state index contributed by atoms with van der Waals surface area (Å²) in [7, 11) is 1.32. The summed E-state index contributed by atoms with van der Waals surface area (Å²) in [5.74, 6) is -0.639. The minimum Gasteiger partial charge on any atom is -0.467 e. The molecule has 0 fully saturated rings. The summed E-state index contributed by atoms with van der Waals surface area (Å²) in [5, 5.41) is 6.54. The third-order valence-corrected chi connectivity index (χ3v) is 4.18. The van der Waals surface area contributed by atoms with Gasteiger partial charge in [-0.05, 0) is 30.5 Å². The Morgan fingerprint density at radius 1 is 1.22 bits per heavy atom. The summed E-state index contributed by atoms with van der Waals surface area (Å²) < 4.78 is 4.76. The van der Waals surface area contributed by atoms with Crippen LogP contribution in [0.5, 0.6) is 0 Å². The van der Waals surface area contributed by atoms with Crippen molar-refractivity contribution in [3.8, 4) is 0 Å². The lowest BCUT2D eigenvalue weighted by Gasteiger charge is -2.22. The van der Waals surface area contributed by atoms with Gasteiger partial charge in [-0.15, -0.1) is 0 Å². The van der Waals surface area contributed by atoms with Gasteiger partial charge < -0.3 is 15.4 Å². The fraction of sp³-hybridized carbons (Fsp3) is 0.529. The van der Waals surface area contributed by atoms with E-state index in [1.54, 1.807) is 0 Å². The topological polar surface area (TPSA) is 67.4 Å². The van der Waals surface area contributed by atoms with Crippen LogP contribution in [0.2, 0.25) is 5.02 Å². The molecule has 0 heterocycles. The molecule has 23 heavy (non-hydrogen) atoms. The van der Waals surface area contributed by atoms with Crippen LogP contribution in [-0.2, 0) is 14.3 Å². The molecule has 3 atom stereocenters. The molecule has 2 N–H and O–H groups in total. The van der Waals surface area contributed by atoms with E-state index in [1.807, 2.05) is 45.0 Å². The van der Waals surface area contributed by atoms with E-state index in [4.69, 9.17) is 16.3 Å². The highest BCUT2D eigenvalue weighted by molar-refractivity contribution is 6.30. The fourth-order valence-corrected chi connectivity index (χ4v) is 2.26. The average molecular weight is 341 g/mol. The lowest BCUT2D eigenvalue weighted by molar-refractivity contribution is -0.146. The lowest BCUT2D eigenvalue weighted by Crippen LogP contribution is -2.48. The standard InChI is InChI=1S/C17H25ClN2O3/c1-5-11(2)16(17(22)23-4)20-15(21)10-19-12(3)13-6-8-14(18)9-7-13/h6-9,11-12,16,19H,5,10H2,1-4H3,(H,20,21). The second kappa shape index (κ2) is 9.53. The molecule has 0 bridgehead atoms. The minimum absolute atomic E-state index is 0.00167. The predicted octanol–water partition coefficient (Wildman–Crippen LogP) is 2.69. The van der Waals surface area contributed by atoms with Gasteiger partial charge in [-0.1, -0.05) is 44.0 Å². The SMILES string of the molecule is CCC(C)C(NC(=O)CNC(C)c1ccc(Cl)cc1)C(=O)OC. The normalized spacial score (nSPS) is 14.7. The average Bonchev–Trinajstić information content (AvgIpc) is 2.56. The van der Waals surface area contributed by atoms with E-state index in [-0.39, 0.29) is 24.4 Å². The monoisotopic (exact) mass is 340 g/mol. The van der Waals surface area contributed by atoms with Crippen LogP contribution in [0.15, 0.2) is 24.3 Å². The van der Waals surface area contributed by atoms with Crippen LogP contribution in [0.3, 0.4) is 0 Å². The van der Waals surface area contributed by atoms with Crippen molar-refractivity contribution in [3.05, 3.63) is 34.9 Å². The van der Waals surface area contributed by atoms with Crippen LogP contribution in [0.4, 0.5) is 0 Å². The van der Waals surface area contributed by atoms with Crippen molar-refractivity contribution in [2.24, 2.45) is 5.92 Å². The second-order valence-electron chi connectivity index (χ2n) is 5.61. The van der Waals surface area contributed by atoms with Crippen molar-refractivity contribution in [1.29, 1.82) is 0 Å². The summed E-state index contributed by atoms with van der Waals surface area (Å²) in [5.41, 5.74) is 1.04. The van der Waals surface area contributed by atoms with Crippen LogP contribution in [-0.4, -0.2) is 31.6 Å². The van der Waals surface area contributed by atoms with Crippen LogP contribution in [0, 0.1) is 5.92 Å². The molecule has 5 nitrogen and oxygen atoms in total. The Hall–Kier alpha value is -1.59.